The number of halogens is 3. The minimum Gasteiger partial charge on any atom is -0.465 e. The third-order valence-electron chi connectivity index (χ3n) is 7.24. The van der Waals surface area contributed by atoms with Crippen molar-refractivity contribution in [1.82, 2.24) is 25.2 Å². The van der Waals surface area contributed by atoms with Crippen LogP contribution in [0.15, 0.2) is 47.6 Å². The van der Waals surface area contributed by atoms with Crippen LogP contribution in [0.3, 0.4) is 0 Å². The second-order valence-electron chi connectivity index (χ2n) is 12.3. The highest BCUT2D eigenvalue weighted by molar-refractivity contribution is 6.12. The molecule has 2 aromatic carbocycles. The Labute approximate surface area is 275 Å². The fourth-order valence-electron chi connectivity index (χ4n) is 5.11. The van der Waals surface area contributed by atoms with Crippen LogP contribution in [0.4, 0.5) is 23.8 Å². The first-order chi connectivity index (χ1) is 22.7. The first kappa shape index (κ1) is 35.9. The zero-order valence-corrected chi connectivity index (χ0v) is 27.5. The van der Waals surface area contributed by atoms with Gasteiger partial charge in [0, 0.05) is 36.0 Å². The molecule has 2 heterocycles. The van der Waals surface area contributed by atoms with Gasteiger partial charge >= 0.3 is 18.2 Å². The number of ether oxygens (including phenoxy) is 2. The number of fused-ring (bicyclic) bond motifs is 3. The van der Waals surface area contributed by atoms with Gasteiger partial charge in [-0.15, -0.1) is 0 Å². The quantitative estimate of drug-likeness (QED) is 0.0449. The number of nitrogens with zero attached hydrogens (tertiary/aromatic N) is 4. The number of nitrogens with one attached hydrogen (secondary N) is 3. The molecule has 0 aliphatic rings. The highest BCUT2D eigenvalue weighted by Gasteiger charge is 2.37. The first-order valence-electron chi connectivity index (χ1n) is 15.4. The van der Waals surface area contributed by atoms with Crippen molar-refractivity contribution in [2.75, 3.05) is 45.7 Å². The normalized spacial score (nSPS) is 12.5. The van der Waals surface area contributed by atoms with Crippen LogP contribution in [0, 0.1) is 0 Å². The van der Waals surface area contributed by atoms with E-state index < -0.39 is 29.6 Å². The molecule has 12 nitrogen and oxygen atoms in total. The van der Waals surface area contributed by atoms with Gasteiger partial charge in [-0.1, -0.05) is 29.4 Å². The Morgan fingerprint density at radius 3 is 2.42 bits per heavy atom. The van der Waals surface area contributed by atoms with E-state index in [0.717, 1.165) is 31.3 Å². The summed E-state index contributed by atoms with van der Waals surface area (Å²) >= 11 is 0. The number of esters is 1. The van der Waals surface area contributed by atoms with E-state index in [2.05, 4.69) is 30.7 Å². The van der Waals surface area contributed by atoms with E-state index in [1.54, 1.807) is 24.3 Å². The number of alkyl halides is 3. The van der Waals surface area contributed by atoms with Crippen molar-refractivity contribution in [2.45, 2.75) is 51.8 Å². The van der Waals surface area contributed by atoms with Gasteiger partial charge in [0.25, 0.3) is 0 Å². The summed E-state index contributed by atoms with van der Waals surface area (Å²) in [7, 11) is 3.29. The fourth-order valence-corrected chi connectivity index (χ4v) is 5.11. The Bertz CT molecular complexity index is 1780. The Kier molecular flexibility index (Phi) is 11.5. The number of H-pyrrole nitrogens is 1. The van der Waals surface area contributed by atoms with E-state index in [1.807, 2.05) is 27.8 Å². The SMILES string of the molecule is COC(=O)c1ccc2c(c1)[nH]c1nc(Cc3cccc(C(=NO)C(F)(F)F)c3)nc(NCCCN(C)CCCNC(=O)OC(C)(C)C)c12. The number of anilines is 1. The van der Waals surface area contributed by atoms with Gasteiger partial charge in [0.1, 0.15) is 22.9 Å². The Balaban J connectivity index is 1.50. The van der Waals surface area contributed by atoms with Crippen molar-refractivity contribution in [2.24, 2.45) is 5.16 Å². The highest BCUT2D eigenvalue weighted by atomic mass is 19.4. The lowest BCUT2D eigenvalue weighted by molar-refractivity contribution is -0.0601. The summed E-state index contributed by atoms with van der Waals surface area (Å²) in [6.45, 7) is 8.00. The van der Waals surface area contributed by atoms with Crippen LogP contribution in [0.5, 0.6) is 0 Å². The second-order valence-corrected chi connectivity index (χ2v) is 12.3. The van der Waals surface area contributed by atoms with Crippen molar-refractivity contribution < 1.29 is 37.4 Å². The number of alkyl carbamates (subject to hydrolysis) is 1. The molecule has 0 bridgehead atoms. The van der Waals surface area contributed by atoms with Crippen LogP contribution < -0.4 is 10.6 Å². The van der Waals surface area contributed by atoms with Gasteiger partial charge in [-0.2, -0.15) is 13.2 Å². The van der Waals surface area contributed by atoms with E-state index in [0.29, 0.717) is 52.4 Å². The van der Waals surface area contributed by atoms with E-state index >= 15 is 0 Å². The molecule has 4 rings (SSSR count). The number of hydrogen-bond donors (Lipinski definition) is 4. The molecule has 0 saturated heterocycles. The molecule has 0 atom stereocenters. The van der Waals surface area contributed by atoms with Crippen LogP contribution in [0.1, 0.15) is 60.9 Å². The van der Waals surface area contributed by atoms with Crippen molar-refractivity contribution in [1.29, 1.82) is 0 Å². The number of benzene rings is 2. The van der Waals surface area contributed by atoms with Crippen LogP contribution in [0.2, 0.25) is 0 Å². The number of aromatic amines is 1. The standard InChI is InChI=1S/C33H40F3N7O5/c1-32(2,3)48-31(45)38-14-8-16-43(4)15-7-13-37-28-26-23-12-11-22(30(44)47-5)19-24(23)39-29(26)41-25(40-28)18-20-9-6-10-21(17-20)27(42-46)33(34,35)36/h6,9-12,17,19,46H,7-8,13-16,18H2,1-5H3,(H,38,45)(H2,37,39,40,41). The predicted octanol–water partition coefficient (Wildman–Crippen LogP) is 5.88. The second kappa shape index (κ2) is 15.3. The third-order valence-corrected chi connectivity index (χ3v) is 7.24. The van der Waals surface area contributed by atoms with Crippen LogP contribution in [0.25, 0.3) is 21.9 Å². The average Bonchev–Trinajstić information content (AvgIpc) is 3.37. The molecule has 0 radical (unpaired) electrons. The fraction of sp³-hybridized carbons (Fsp3) is 0.424. The van der Waals surface area contributed by atoms with Gasteiger partial charge in [0.05, 0.1) is 18.1 Å². The molecule has 258 valence electrons. The molecule has 0 aliphatic carbocycles. The molecular weight excluding hydrogens is 631 g/mol. The number of oxime groups is 1. The predicted molar refractivity (Wildman–Crippen MR) is 176 cm³/mol. The molecule has 0 aliphatic heterocycles. The van der Waals surface area contributed by atoms with E-state index in [4.69, 9.17) is 19.7 Å². The van der Waals surface area contributed by atoms with E-state index in [1.165, 1.54) is 25.3 Å². The molecule has 1 amide bonds. The molecule has 4 N–H and O–H groups in total. The van der Waals surface area contributed by atoms with Crippen LogP contribution >= 0.6 is 0 Å². The molecule has 15 heteroatoms. The summed E-state index contributed by atoms with van der Waals surface area (Å²) in [6, 6.07) is 10.7. The molecule has 0 fully saturated rings. The molecular formula is C33H40F3N7O5. The highest BCUT2D eigenvalue weighted by Crippen LogP contribution is 2.31. The molecule has 48 heavy (non-hydrogen) atoms. The maximum atomic E-state index is 13.4. The topological polar surface area (TPSA) is 154 Å². The number of carbonyl (C=O) groups excluding carboxylic acids is 2. The summed E-state index contributed by atoms with van der Waals surface area (Å²) in [4.78, 5) is 38.8. The number of hydrogen-bond acceptors (Lipinski definition) is 10. The molecule has 4 aromatic rings. The smallest absolute Gasteiger partial charge is 0.437 e. The Morgan fingerprint density at radius 2 is 1.75 bits per heavy atom. The van der Waals surface area contributed by atoms with E-state index in [9.17, 15) is 22.8 Å². The lowest BCUT2D eigenvalue weighted by Gasteiger charge is -2.20. The Morgan fingerprint density at radius 1 is 1.02 bits per heavy atom. The average molecular weight is 672 g/mol. The van der Waals surface area contributed by atoms with Crippen LogP contribution in [-0.2, 0) is 15.9 Å². The van der Waals surface area contributed by atoms with Gasteiger partial charge in [-0.3, -0.25) is 0 Å². The lowest BCUT2D eigenvalue weighted by Crippen LogP contribution is -2.34. The van der Waals surface area contributed by atoms with Gasteiger partial charge in [-0.05, 0) is 77.5 Å². The maximum Gasteiger partial charge on any atom is 0.437 e. The van der Waals surface area contributed by atoms with E-state index in [-0.39, 0.29) is 12.0 Å². The van der Waals surface area contributed by atoms with Crippen molar-refractivity contribution in [3.05, 3.63) is 65.0 Å². The van der Waals surface area contributed by atoms with Crippen molar-refractivity contribution in [3.8, 4) is 0 Å². The molecule has 0 saturated carbocycles. The zero-order valence-electron chi connectivity index (χ0n) is 27.5. The number of rotatable bonds is 13. The summed E-state index contributed by atoms with van der Waals surface area (Å²) in [5, 5.41) is 19.1. The van der Waals surface area contributed by atoms with Gasteiger partial charge in [0.2, 0.25) is 0 Å². The molecule has 2 aromatic heterocycles. The monoisotopic (exact) mass is 671 g/mol. The van der Waals surface area contributed by atoms with Gasteiger partial charge < -0.3 is 35.2 Å². The van der Waals surface area contributed by atoms with Crippen molar-refractivity contribution in [3.63, 3.8) is 0 Å². The largest absolute Gasteiger partial charge is 0.465 e. The van der Waals surface area contributed by atoms with Crippen molar-refractivity contribution >= 4 is 45.5 Å². The summed E-state index contributed by atoms with van der Waals surface area (Å²) in [5.74, 6) is 0.376. The number of methoxy groups -OCH3 is 1. The summed E-state index contributed by atoms with van der Waals surface area (Å²) < 4.78 is 50.2. The minimum absolute atomic E-state index is 0.0951. The number of carbonyl (C=O) groups is 2. The molecule has 0 spiro atoms. The minimum atomic E-state index is -4.83. The maximum absolute atomic E-state index is 13.4. The first-order valence-corrected chi connectivity index (χ1v) is 15.4. The van der Waals surface area contributed by atoms with Gasteiger partial charge in [0.15, 0.2) is 5.71 Å². The number of aromatic nitrogens is 3. The lowest BCUT2D eigenvalue weighted by atomic mass is 10.0. The third kappa shape index (κ3) is 9.56. The Hall–Kier alpha value is -4.92. The summed E-state index contributed by atoms with van der Waals surface area (Å²) in [5.41, 5.74) is -0.279. The van der Waals surface area contributed by atoms with Gasteiger partial charge in [-0.25, -0.2) is 19.6 Å². The van der Waals surface area contributed by atoms with Crippen LogP contribution in [-0.4, -0.2) is 94.9 Å². The summed E-state index contributed by atoms with van der Waals surface area (Å²) in [6.07, 6.45) is -3.68. The molecule has 0 unspecified atom stereocenters. The number of amides is 1. The zero-order chi connectivity index (χ0) is 35.1.